The van der Waals surface area contributed by atoms with E-state index in [-0.39, 0.29) is 5.91 Å². The summed E-state index contributed by atoms with van der Waals surface area (Å²) in [6.07, 6.45) is -1.80. The number of imidazole rings is 1. The Morgan fingerprint density at radius 2 is 1.58 bits per heavy atom. The molecule has 0 spiro atoms. The SMILES string of the molecule is O=C(c1ccc(-n2cnc3ccccc32)cc1)N1CCN(c2ccc(C(F)(F)F)cn2)CC1. The van der Waals surface area contributed by atoms with Gasteiger partial charge in [-0.1, -0.05) is 12.1 Å². The molecule has 0 bridgehead atoms. The number of para-hydroxylation sites is 2. The number of anilines is 1. The fourth-order valence-corrected chi connectivity index (χ4v) is 3.99. The number of halogens is 3. The van der Waals surface area contributed by atoms with Crippen molar-refractivity contribution in [2.75, 3.05) is 31.1 Å². The van der Waals surface area contributed by atoms with Gasteiger partial charge in [0.25, 0.3) is 5.91 Å². The van der Waals surface area contributed by atoms with Crippen molar-refractivity contribution in [3.05, 3.63) is 84.3 Å². The van der Waals surface area contributed by atoms with Gasteiger partial charge in [0, 0.05) is 43.6 Å². The maximum absolute atomic E-state index is 13.0. The van der Waals surface area contributed by atoms with Crippen molar-refractivity contribution < 1.29 is 18.0 Å². The Morgan fingerprint density at radius 3 is 2.24 bits per heavy atom. The number of benzene rings is 2. The molecule has 2 aromatic heterocycles. The number of aromatic nitrogens is 3. The smallest absolute Gasteiger partial charge is 0.353 e. The summed E-state index contributed by atoms with van der Waals surface area (Å²) in [5, 5.41) is 0. The predicted molar refractivity (Wildman–Crippen MR) is 118 cm³/mol. The second-order valence-corrected chi connectivity index (χ2v) is 7.83. The van der Waals surface area contributed by atoms with E-state index in [9.17, 15) is 18.0 Å². The number of hydrogen-bond acceptors (Lipinski definition) is 4. The Morgan fingerprint density at radius 1 is 0.848 bits per heavy atom. The molecule has 168 valence electrons. The van der Waals surface area contributed by atoms with Crippen molar-refractivity contribution in [3.63, 3.8) is 0 Å². The fraction of sp³-hybridized carbons (Fsp3) is 0.208. The molecular formula is C24H20F3N5O. The maximum Gasteiger partial charge on any atom is 0.417 e. The third kappa shape index (κ3) is 4.13. The van der Waals surface area contributed by atoms with Gasteiger partial charge in [-0.3, -0.25) is 9.36 Å². The van der Waals surface area contributed by atoms with E-state index < -0.39 is 11.7 Å². The Labute approximate surface area is 187 Å². The van der Waals surface area contributed by atoms with Gasteiger partial charge >= 0.3 is 6.18 Å². The van der Waals surface area contributed by atoms with Crippen molar-refractivity contribution in [2.45, 2.75) is 6.18 Å². The van der Waals surface area contributed by atoms with E-state index in [1.807, 2.05) is 45.9 Å². The van der Waals surface area contributed by atoms with Crippen LogP contribution in [0.15, 0.2) is 73.2 Å². The summed E-state index contributed by atoms with van der Waals surface area (Å²) < 4.78 is 40.2. The maximum atomic E-state index is 13.0. The van der Waals surface area contributed by atoms with Crippen LogP contribution in [0.2, 0.25) is 0 Å². The van der Waals surface area contributed by atoms with Crippen LogP contribution in [0, 0.1) is 0 Å². The highest BCUT2D eigenvalue weighted by molar-refractivity contribution is 5.94. The highest BCUT2D eigenvalue weighted by Gasteiger charge is 2.31. The van der Waals surface area contributed by atoms with Gasteiger partial charge in [-0.25, -0.2) is 9.97 Å². The van der Waals surface area contributed by atoms with Crippen LogP contribution in [-0.4, -0.2) is 51.5 Å². The van der Waals surface area contributed by atoms with E-state index in [1.54, 1.807) is 23.4 Å². The monoisotopic (exact) mass is 451 g/mol. The summed E-state index contributed by atoms with van der Waals surface area (Å²) in [5.74, 6) is 0.407. The van der Waals surface area contributed by atoms with E-state index in [4.69, 9.17) is 0 Å². The van der Waals surface area contributed by atoms with Crippen LogP contribution < -0.4 is 4.90 Å². The Hall–Kier alpha value is -3.88. The lowest BCUT2D eigenvalue weighted by Gasteiger charge is -2.35. The summed E-state index contributed by atoms with van der Waals surface area (Å²) in [6, 6.07) is 17.6. The molecule has 4 aromatic rings. The summed E-state index contributed by atoms with van der Waals surface area (Å²) in [6.45, 7) is 1.94. The van der Waals surface area contributed by atoms with Crippen molar-refractivity contribution in [1.29, 1.82) is 0 Å². The van der Waals surface area contributed by atoms with Gasteiger partial charge in [0.15, 0.2) is 0 Å². The average Bonchev–Trinajstić information content (AvgIpc) is 3.28. The highest BCUT2D eigenvalue weighted by atomic mass is 19.4. The quantitative estimate of drug-likeness (QED) is 0.463. The van der Waals surface area contributed by atoms with Crippen molar-refractivity contribution in [2.24, 2.45) is 0 Å². The molecular weight excluding hydrogens is 431 g/mol. The number of pyridine rings is 1. The number of carbonyl (C=O) groups is 1. The van der Waals surface area contributed by atoms with Gasteiger partial charge in [-0.05, 0) is 48.5 Å². The third-order valence-electron chi connectivity index (χ3n) is 5.81. The minimum atomic E-state index is -4.41. The van der Waals surface area contributed by atoms with Crippen LogP contribution >= 0.6 is 0 Å². The van der Waals surface area contributed by atoms with E-state index in [2.05, 4.69) is 9.97 Å². The molecule has 0 unspecified atom stereocenters. The third-order valence-corrected chi connectivity index (χ3v) is 5.81. The van der Waals surface area contributed by atoms with Crippen LogP contribution in [0.3, 0.4) is 0 Å². The first kappa shape index (κ1) is 21.0. The van der Waals surface area contributed by atoms with Gasteiger partial charge < -0.3 is 9.80 Å². The van der Waals surface area contributed by atoms with E-state index in [1.165, 1.54) is 6.07 Å². The number of amides is 1. The molecule has 0 aliphatic carbocycles. The molecule has 2 aromatic carbocycles. The standard InChI is InChI=1S/C24H20F3N5O/c25-24(26,27)18-7-10-22(28-15-18)30-11-13-31(14-12-30)23(33)17-5-8-19(9-6-17)32-16-29-20-3-1-2-4-21(20)32/h1-10,15-16H,11-14H2. The zero-order chi connectivity index (χ0) is 23.0. The summed E-state index contributed by atoms with van der Waals surface area (Å²) in [5.41, 5.74) is 2.62. The fourth-order valence-electron chi connectivity index (χ4n) is 3.99. The molecule has 33 heavy (non-hydrogen) atoms. The van der Waals surface area contributed by atoms with Crippen LogP contribution in [0.5, 0.6) is 0 Å². The Balaban J connectivity index is 1.24. The lowest BCUT2D eigenvalue weighted by atomic mass is 10.1. The van der Waals surface area contributed by atoms with Crippen molar-refractivity contribution in [3.8, 4) is 5.69 Å². The van der Waals surface area contributed by atoms with Gasteiger partial charge in [0.2, 0.25) is 0 Å². The molecule has 3 heterocycles. The molecule has 0 saturated carbocycles. The molecule has 1 fully saturated rings. The van der Waals surface area contributed by atoms with E-state index in [0.29, 0.717) is 37.6 Å². The summed E-state index contributed by atoms with van der Waals surface area (Å²) >= 11 is 0. The molecule has 0 radical (unpaired) electrons. The van der Waals surface area contributed by atoms with E-state index >= 15 is 0 Å². The summed E-state index contributed by atoms with van der Waals surface area (Å²) in [4.78, 5) is 24.9. The van der Waals surface area contributed by atoms with Crippen molar-refractivity contribution >= 4 is 22.8 Å². The molecule has 0 atom stereocenters. The van der Waals surface area contributed by atoms with Crippen LogP contribution in [0.4, 0.5) is 19.0 Å². The molecule has 0 N–H and O–H groups in total. The molecule has 1 amide bonds. The lowest BCUT2D eigenvalue weighted by Crippen LogP contribution is -2.49. The summed E-state index contributed by atoms with van der Waals surface area (Å²) in [7, 11) is 0. The van der Waals surface area contributed by atoms with Gasteiger partial charge in [-0.15, -0.1) is 0 Å². The Bertz CT molecular complexity index is 1270. The van der Waals surface area contributed by atoms with Gasteiger partial charge in [0.1, 0.15) is 12.1 Å². The average molecular weight is 451 g/mol. The second-order valence-electron chi connectivity index (χ2n) is 7.83. The number of hydrogen-bond donors (Lipinski definition) is 0. The molecule has 6 nitrogen and oxygen atoms in total. The number of nitrogens with zero attached hydrogens (tertiary/aromatic N) is 5. The normalized spacial score (nSPS) is 14.6. The lowest BCUT2D eigenvalue weighted by molar-refractivity contribution is -0.137. The molecule has 5 rings (SSSR count). The highest BCUT2D eigenvalue weighted by Crippen LogP contribution is 2.29. The zero-order valence-corrected chi connectivity index (χ0v) is 17.5. The molecule has 9 heteroatoms. The number of piperazine rings is 1. The predicted octanol–water partition coefficient (Wildman–Crippen LogP) is 4.40. The van der Waals surface area contributed by atoms with Crippen molar-refractivity contribution in [1.82, 2.24) is 19.4 Å². The van der Waals surface area contributed by atoms with E-state index in [0.717, 1.165) is 29.0 Å². The number of alkyl halides is 3. The number of carbonyl (C=O) groups excluding carboxylic acids is 1. The Kier molecular flexibility index (Phi) is 5.24. The minimum absolute atomic E-state index is 0.0722. The topological polar surface area (TPSA) is 54.3 Å². The zero-order valence-electron chi connectivity index (χ0n) is 17.5. The number of rotatable bonds is 3. The molecule has 1 saturated heterocycles. The second kappa shape index (κ2) is 8.23. The van der Waals surface area contributed by atoms with Gasteiger partial charge in [-0.2, -0.15) is 13.2 Å². The first-order valence-corrected chi connectivity index (χ1v) is 10.5. The van der Waals surface area contributed by atoms with Gasteiger partial charge in [0.05, 0.1) is 16.6 Å². The first-order chi connectivity index (χ1) is 15.9. The van der Waals surface area contributed by atoms with Crippen LogP contribution in [0.1, 0.15) is 15.9 Å². The minimum Gasteiger partial charge on any atom is -0.353 e. The molecule has 1 aliphatic rings. The molecule has 1 aliphatic heterocycles. The van der Waals surface area contributed by atoms with Crippen LogP contribution in [-0.2, 0) is 6.18 Å². The number of fused-ring (bicyclic) bond motifs is 1. The first-order valence-electron chi connectivity index (χ1n) is 10.5. The van der Waals surface area contributed by atoms with Crippen LogP contribution in [0.25, 0.3) is 16.7 Å². The largest absolute Gasteiger partial charge is 0.417 e.